The first kappa shape index (κ1) is 13.5. The first-order valence-corrected chi connectivity index (χ1v) is 6.72. The molecule has 0 atom stereocenters. The van der Waals surface area contributed by atoms with Crippen molar-refractivity contribution in [2.75, 3.05) is 0 Å². The molecule has 1 N–H and O–H groups in total. The number of hydrogen-bond donors (Lipinski definition) is 1. The van der Waals surface area contributed by atoms with Gasteiger partial charge in [-0.3, -0.25) is 0 Å². The Kier molecular flexibility index (Phi) is 4.16. The molecule has 1 heterocycles. The van der Waals surface area contributed by atoms with E-state index in [0.717, 1.165) is 4.90 Å². The Hall–Kier alpha value is -1.88. The molecular formula is C14H14N2O2S. The third-order valence-corrected chi connectivity index (χ3v) is 3.41. The van der Waals surface area contributed by atoms with E-state index in [0.29, 0.717) is 10.9 Å². The van der Waals surface area contributed by atoms with E-state index in [4.69, 9.17) is 5.11 Å². The van der Waals surface area contributed by atoms with E-state index >= 15 is 0 Å². The van der Waals surface area contributed by atoms with Crippen LogP contribution in [0.5, 0.6) is 0 Å². The van der Waals surface area contributed by atoms with Crippen LogP contribution in [0.15, 0.2) is 46.6 Å². The molecule has 19 heavy (non-hydrogen) atoms. The summed E-state index contributed by atoms with van der Waals surface area (Å²) in [6, 6.07) is 9.76. The second kappa shape index (κ2) is 5.84. The quantitative estimate of drug-likeness (QED) is 0.865. The highest BCUT2D eigenvalue weighted by Gasteiger charge is 2.16. The van der Waals surface area contributed by atoms with Gasteiger partial charge in [-0.2, -0.15) is 0 Å². The third kappa shape index (κ3) is 3.32. The van der Waals surface area contributed by atoms with Crippen molar-refractivity contribution in [1.82, 2.24) is 9.97 Å². The molecule has 4 nitrogen and oxygen atoms in total. The average molecular weight is 274 g/mol. The maximum atomic E-state index is 11.1. The topological polar surface area (TPSA) is 63.1 Å². The number of rotatable bonds is 4. The molecule has 2 aromatic rings. The highest BCUT2D eigenvalue weighted by Crippen LogP contribution is 2.26. The van der Waals surface area contributed by atoms with Crippen molar-refractivity contribution in [1.29, 1.82) is 0 Å². The molecule has 0 spiro atoms. The molecule has 0 bridgehead atoms. The molecule has 0 saturated heterocycles. The van der Waals surface area contributed by atoms with Gasteiger partial charge in [-0.05, 0) is 29.8 Å². The van der Waals surface area contributed by atoms with Gasteiger partial charge in [0, 0.05) is 11.1 Å². The highest BCUT2D eigenvalue weighted by atomic mass is 32.2. The lowest BCUT2D eigenvalue weighted by atomic mass is 10.1. The van der Waals surface area contributed by atoms with Crippen molar-refractivity contribution in [3.8, 4) is 0 Å². The van der Waals surface area contributed by atoms with Crippen molar-refractivity contribution >= 4 is 17.7 Å². The van der Waals surface area contributed by atoms with Gasteiger partial charge in [0.2, 0.25) is 0 Å². The average Bonchev–Trinajstić information content (AvgIpc) is 2.39. The maximum Gasteiger partial charge on any atom is 0.339 e. The van der Waals surface area contributed by atoms with Crippen LogP contribution in [0.2, 0.25) is 0 Å². The van der Waals surface area contributed by atoms with E-state index in [2.05, 4.69) is 9.97 Å². The molecule has 0 amide bonds. The zero-order valence-corrected chi connectivity index (χ0v) is 11.5. The number of carboxylic acid groups (broad SMARTS) is 1. The Bertz CT molecular complexity index is 585. The number of hydrogen-bond acceptors (Lipinski definition) is 4. The molecular weight excluding hydrogens is 260 g/mol. The first-order chi connectivity index (χ1) is 9.08. The van der Waals surface area contributed by atoms with Crippen LogP contribution in [0.1, 0.15) is 35.8 Å². The lowest BCUT2D eigenvalue weighted by Gasteiger charge is -2.09. The molecule has 0 aliphatic heterocycles. The van der Waals surface area contributed by atoms with Crippen molar-refractivity contribution in [3.63, 3.8) is 0 Å². The number of carbonyl (C=O) groups is 1. The van der Waals surface area contributed by atoms with Gasteiger partial charge in [-0.1, -0.05) is 32.0 Å². The van der Waals surface area contributed by atoms with E-state index in [9.17, 15) is 4.79 Å². The monoisotopic (exact) mass is 274 g/mol. The second-order valence-electron chi connectivity index (χ2n) is 4.33. The maximum absolute atomic E-state index is 11.1. The minimum atomic E-state index is -0.986. The summed E-state index contributed by atoms with van der Waals surface area (Å²) in [5.41, 5.74) is 0.744. The largest absolute Gasteiger partial charge is 0.478 e. The van der Waals surface area contributed by atoms with Crippen LogP contribution in [0.4, 0.5) is 0 Å². The zero-order chi connectivity index (χ0) is 13.8. The molecule has 1 aromatic carbocycles. The fourth-order valence-corrected chi connectivity index (χ4v) is 2.38. The first-order valence-electron chi connectivity index (χ1n) is 5.91. The van der Waals surface area contributed by atoms with E-state index in [-0.39, 0.29) is 11.5 Å². The van der Waals surface area contributed by atoms with Crippen LogP contribution >= 0.6 is 11.8 Å². The fourth-order valence-electron chi connectivity index (χ4n) is 1.63. The lowest BCUT2D eigenvalue weighted by Crippen LogP contribution is -2.08. The molecule has 2 rings (SSSR count). The van der Waals surface area contributed by atoms with Gasteiger partial charge in [0.05, 0.1) is 11.3 Å². The van der Waals surface area contributed by atoms with Gasteiger partial charge in [0.25, 0.3) is 0 Å². The Morgan fingerprint density at radius 1 is 1.26 bits per heavy atom. The Morgan fingerprint density at radius 3 is 2.53 bits per heavy atom. The normalized spacial score (nSPS) is 10.7. The van der Waals surface area contributed by atoms with Gasteiger partial charge >= 0.3 is 5.97 Å². The van der Waals surface area contributed by atoms with Crippen LogP contribution < -0.4 is 0 Å². The molecule has 0 unspecified atom stereocenters. The minimum Gasteiger partial charge on any atom is -0.478 e. The van der Waals surface area contributed by atoms with Gasteiger partial charge in [-0.15, -0.1) is 0 Å². The van der Waals surface area contributed by atoms with E-state index in [1.54, 1.807) is 0 Å². The molecule has 5 heteroatoms. The predicted octanol–water partition coefficient (Wildman–Crippen LogP) is 3.45. The van der Waals surface area contributed by atoms with E-state index in [1.807, 2.05) is 44.2 Å². The summed E-state index contributed by atoms with van der Waals surface area (Å²) in [5, 5.41) is 9.68. The summed E-state index contributed by atoms with van der Waals surface area (Å²) in [7, 11) is 0. The smallest absolute Gasteiger partial charge is 0.339 e. The van der Waals surface area contributed by atoms with Gasteiger partial charge in [-0.25, -0.2) is 14.8 Å². The molecule has 0 aliphatic carbocycles. The van der Waals surface area contributed by atoms with Crippen molar-refractivity contribution in [3.05, 3.63) is 47.8 Å². The van der Waals surface area contributed by atoms with Crippen LogP contribution in [-0.2, 0) is 0 Å². The van der Waals surface area contributed by atoms with Crippen LogP contribution in [0.3, 0.4) is 0 Å². The zero-order valence-electron chi connectivity index (χ0n) is 10.7. The van der Waals surface area contributed by atoms with Crippen molar-refractivity contribution in [2.24, 2.45) is 0 Å². The van der Waals surface area contributed by atoms with Crippen LogP contribution in [-0.4, -0.2) is 21.0 Å². The molecule has 98 valence electrons. The Morgan fingerprint density at radius 2 is 1.95 bits per heavy atom. The molecule has 0 fully saturated rings. The number of aromatic carboxylic acids is 1. The van der Waals surface area contributed by atoms with E-state index in [1.165, 1.54) is 18.0 Å². The molecule has 0 radical (unpaired) electrons. The summed E-state index contributed by atoms with van der Waals surface area (Å²) < 4.78 is 0. The predicted molar refractivity (Wildman–Crippen MR) is 73.6 cm³/mol. The standard InChI is InChI=1S/C14H14N2O2S/c1-9(2)12-11(13(17)18)8-15-14(16-12)19-10-6-4-3-5-7-10/h3-9H,1-2H3,(H,17,18). The van der Waals surface area contributed by atoms with Gasteiger partial charge in [0.1, 0.15) is 0 Å². The number of aromatic nitrogens is 2. The lowest BCUT2D eigenvalue weighted by molar-refractivity contribution is 0.0694. The summed E-state index contributed by atoms with van der Waals surface area (Å²) in [6.45, 7) is 3.84. The summed E-state index contributed by atoms with van der Waals surface area (Å²) in [6.07, 6.45) is 1.38. The van der Waals surface area contributed by atoms with Crippen LogP contribution in [0.25, 0.3) is 0 Å². The number of nitrogens with zero attached hydrogens (tertiary/aromatic N) is 2. The fraction of sp³-hybridized carbons (Fsp3) is 0.214. The highest BCUT2D eigenvalue weighted by molar-refractivity contribution is 7.99. The second-order valence-corrected chi connectivity index (χ2v) is 5.37. The van der Waals surface area contributed by atoms with Crippen molar-refractivity contribution in [2.45, 2.75) is 29.8 Å². The Labute approximate surface area is 115 Å². The SMILES string of the molecule is CC(C)c1nc(Sc2ccccc2)ncc1C(=O)O. The number of benzene rings is 1. The molecule has 0 saturated carbocycles. The van der Waals surface area contributed by atoms with Gasteiger partial charge < -0.3 is 5.11 Å². The summed E-state index contributed by atoms with van der Waals surface area (Å²) >= 11 is 1.42. The van der Waals surface area contributed by atoms with Crippen molar-refractivity contribution < 1.29 is 9.90 Å². The minimum absolute atomic E-state index is 0.0456. The number of carboxylic acids is 1. The Balaban J connectivity index is 2.33. The summed E-state index contributed by atoms with van der Waals surface area (Å²) in [4.78, 5) is 20.6. The van der Waals surface area contributed by atoms with Crippen LogP contribution in [0, 0.1) is 0 Å². The van der Waals surface area contributed by atoms with Gasteiger partial charge in [0.15, 0.2) is 5.16 Å². The third-order valence-electron chi connectivity index (χ3n) is 2.53. The molecule has 0 aliphatic rings. The molecule has 1 aromatic heterocycles. The van der Waals surface area contributed by atoms with E-state index < -0.39 is 5.97 Å². The summed E-state index contributed by atoms with van der Waals surface area (Å²) in [5.74, 6) is -0.941.